The molecule has 1 saturated heterocycles. The van der Waals surface area contributed by atoms with Gasteiger partial charge in [-0.3, -0.25) is 14.5 Å². The Balaban J connectivity index is 1.94. The summed E-state index contributed by atoms with van der Waals surface area (Å²) in [4.78, 5) is 29.1. The highest BCUT2D eigenvalue weighted by molar-refractivity contribution is 5.94. The molecule has 2 rings (SSSR count). The number of carbonyl (C=O) groups excluding carboxylic acids is 2. The number of carbonyl (C=O) groups is 2. The highest BCUT2D eigenvalue weighted by Crippen LogP contribution is 2.22. The second-order valence-corrected chi connectivity index (χ2v) is 8.10. The van der Waals surface area contributed by atoms with Crippen LogP contribution in [0.1, 0.15) is 38.3 Å². The highest BCUT2D eigenvalue weighted by Gasteiger charge is 2.30. The molecule has 1 N–H and O–H groups in total. The Labute approximate surface area is 157 Å². The van der Waals surface area contributed by atoms with Crippen LogP contribution in [0.5, 0.6) is 0 Å². The van der Waals surface area contributed by atoms with E-state index in [1.807, 2.05) is 55.8 Å². The van der Waals surface area contributed by atoms with Crippen molar-refractivity contribution in [3.8, 4) is 0 Å². The summed E-state index contributed by atoms with van der Waals surface area (Å²) in [6, 6.07) is 5.64. The third kappa shape index (κ3) is 5.07. The number of nitrogens with zero attached hydrogens (tertiary/aromatic N) is 2. The average molecular weight is 360 g/mol. The van der Waals surface area contributed by atoms with Gasteiger partial charge < -0.3 is 10.2 Å². The Hall–Kier alpha value is -1.88. The van der Waals surface area contributed by atoms with E-state index in [2.05, 4.69) is 19.2 Å². The van der Waals surface area contributed by atoms with Crippen molar-refractivity contribution in [2.45, 2.75) is 47.1 Å². The van der Waals surface area contributed by atoms with Gasteiger partial charge in [-0.25, -0.2) is 0 Å². The Kier molecular flexibility index (Phi) is 6.81. The lowest BCUT2D eigenvalue weighted by Gasteiger charge is -2.38. The zero-order valence-corrected chi connectivity index (χ0v) is 17.0. The minimum absolute atomic E-state index is 0.0927. The van der Waals surface area contributed by atoms with Crippen molar-refractivity contribution >= 4 is 17.5 Å². The van der Waals surface area contributed by atoms with E-state index >= 15 is 0 Å². The normalized spacial score (nSPS) is 21.6. The summed E-state index contributed by atoms with van der Waals surface area (Å²) in [6.07, 6.45) is 1.17. The molecule has 2 amide bonds. The number of hydrogen-bond donors (Lipinski definition) is 1. The van der Waals surface area contributed by atoms with E-state index in [0.29, 0.717) is 11.8 Å². The molecule has 1 heterocycles. The van der Waals surface area contributed by atoms with Crippen molar-refractivity contribution in [3.63, 3.8) is 0 Å². The second kappa shape index (κ2) is 8.67. The Morgan fingerprint density at radius 2 is 1.73 bits per heavy atom. The summed E-state index contributed by atoms with van der Waals surface area (Å²) in [7, 11) is 1.84. The zero-order valence-electron chi connectivity index (χ0n) is 17.0. The second-order valence-electron chi connectivity index (χ2n) is 8.10. The molecule has 0 aromatic heterocycles. The Morgan fingerprint density at radius 1 is 1.19 bits per heavy atom. The van der Waals surface area contributed by atoms with Gasteiger partial charge in [0.05, 0.1) is 12.6 Å². The Bertz CT molecular complexity index is 628. The standard InChI is InChI=1S/C21H33N3O2/c1-14-10-15(2)12-24(11-14)21(26)18(5)23(6)13-19(25)22-20-16(3)8-7-9-17(20)4/h7-9,14-15,18H,10-13H2,1-6H3,(H,22,25)/t14-,15+,18-/m0/s1. The number of benzene rings is 1. The fourth-order valence-electron chi connectivity index (χ4n) is 3.85. The van der Waals surface area contributed by atoms with Crippen molar-refractivity contribution in [2.75, 3.05) is 32.0 Å². The number of para-hydroxylation sites is 1. The average Bonchev–Trinajstić information content (AvgIpc) is 2.56. The molecule has 0 unspecified atom stereocenters. The van der Waals surface area contributed by atoms with Crippen molar-refractivity contribution < 1.29 is 9.59 Å². The molecule has 0 bridgehead atoms. The fourth-order valence-corrected chi connectivity index (χ4v) is 3.85. The van der Waals surface area contributed by atoms with Crippen molar-refractivity contribution in [1.29, 1.82) is 0 Å². The van der Waals surface area contributed by atoms with Crippen LogP contribution in [0.15, 0.2) is 18.2 Å². The van der Waals surface area contributed by atoms with E-state index in [1.165, 1.54) is 6.42 Å². The van der Waals surface area contributed by atoms with Gasteiger partial charge in [-0.1, -0.05) is 32.0 Å². The molecule has 26 heavy (non-hydrogen) atoms. The SMILES string of the molecule is Cc1cccc(C)c1NC(=O)CN(C)[C@@H](C)C(=O)N1C[C@H](C)C[C@H](C)C1. The van der Waals surface area contributed by atoms with Crippen LogP contribution in [-0.2, 0) is 9.59 Å². The number of likely N-dealkylation sites (N-methyl/N-ethyl adjacent to an activating group) is 1. The molecule has 0 aliphatic carbocycles. The summed E-state index contributed by atoms with van der Waals surface area (Å²) < 4.78 is 0. The number of aryl methyl sites for hydroxylation is 2. The first-order valence-electron chi connectivity index (χ1n) is 9.54. The van der Waals surface area contributed by atoms with Gasteiger partial charge in [-0.15, -0.1) is 0 Å². The van der Waals surface area contributed by atoms with Crippen LogP contribution in [0.25, 0.3) is 0 Å². The van der Waals surface area contributed by atoms with E-state index in [1.54, 1.807) is 0 Å². The largest absolute Gasteiger partial charge is 0.341 e. The third-order valence-corrected chi connectivity index (χ3v) is 5.34. The van der Waals surface area contributed by atoms with E-state index in [0.717, 1.165) is 29.9 Å². The minimum Gasteiger partial charge on any atom is -0.341 e. The number of nitrogens with one attached hydrogen (secondary N) is 1. The maximum absolute atomic E-state index is 12.8. The highest BCUT2D eigenvalue weighted by atomic mass is 16.2. The molecule has 1 aromatic carbocycles. The van der Waals surface area contributed by atoms with Crippen LogP contribution >= 0.6 is 0 Å². The predicted octanol–water partition coefficient (Wildman–Crippen LogP) is 3.07. The van der Waals surface area contributed by atoms with E-state index < -0.39 is 0 Å². The smallest absolute Gasteiger partial charge is 0.239 e. The summed E-state index contributed by atoms with van der Waals surface area (Å²) in [5.74, 6) is 1.09. The summed E-state index contributed by atoms with van der Waals surface area (Å²) in [5.41, 5.74) is 2.95. The molecular formula is C21H33N3O2. The number of likely N-dealkylation sites (tertiary alicyclic amines) is 1. The van der Waals surface area contributed by atoms with Gasteiger partial charge in [0.1, 0.15) is 0 Å². The van der Waals surface area contributed by atoms with Gasteiger partial charge >= 0.3 is 0 Å². The predicted molar refractivity (Wildman–Crippen MR) is 106 cm³/mol. The van der Waals surface area contributed by atoms with Gasteiger partial charge in [0.25, 0.3) is 0 Å². The molecule has 5 nitrogen and oxygen atoms in total. The number of amides is 2. The molecule has 3 atom stereocenters. The van der Waals surface area contributed by atoms with Crippen molar-refractivity contribution in [3.05, 3.63) is 29.3 Å². The number of rotatable bonds is 5. The lowest BCUT2D eigenvalue weighted by Crippen LogP contribution is -2.51. The quantitative estimate of drug-likeness (QED) is 0.879. The molecule has 1 aromatic rings. The Morgan fingerprint density at radius 3 is 2.27 bits per heavy atom. The first-order valence-corrected chi connectivity index (χ1v) is 9.54. The first kappa shape index (κ1) is 20.4. The molecule has 0 spiro atoms. The van der Waals surface area contributed by atoms with Crippen LogP contribution in [0.3, 0.4) is 0 Å². The van der Waals surface area contributed by atoms with Crippen LogP contribution < -0.4 is 5.32 Å². The molecule has 1 aliphatic rings. The summed E-state index contributed by atoms with van der Waals surface area (Å²) in [5, 5.41) is 2.99. The van der Waals surface area contributed by atoms with E-state index in [4.69, 9.17) is 0 Å². The van der Waals surface area contributed by atoms with Gasteiger partial charge in [0, 0.05) is 18.8 Å². The van der Waals surface area contributed by atoms with Crippen molar-refractivity contribution in [2.24, 2.45) is 11.8 Å². The fraction of sp³-hybridized carbons (Fsp3) is 0.619. The van der Waals surface area contributed by atoms with Crippen LogP contribution in [0.4, 0.5) is 5.69 Å². The summed E-state index contributed by atoms with van der Waals surface area (Å²) in [6.45, 7) is 12.1. The molecular weight excluding hydrogens is 326 g/mol. The van der Waals surface area contributed by atoms with Crippen molar-refractivity contribution in [1.82, 2.24) is 9.80 Å². The summed E-state index contributed by atoms with van der Waals surface area (Å²) >= 11 is 0. The first-order chi connectivity index (χ1) is 12.2. The van der Waals surface area contributed by atoms with Gasteiger partial charge in [-0.05, 0) is 57.2 Å². The molecule has 144 valence electrons. The maximum Gasteiger partial charge on any atom is 0.239 e. The maximum atomic E-state index is 12.8. The van der Waals surface area contributed by atoms with Crippen LogP contribution in [-0.4, -0.2) is 54.3 Å². The molecule has 5 heteroatoms. The number of anilines is 1. The van der Waals surface area contributed by atoms with Crippen LogP contribution in [0.2, 0.25) is 0 Å². The molecule has 0 radical (unpaired) electrons. The lowest BCUT2D eigenvalue weighted by atomic mass is 9.91. The van der Waals surface area contributed by atoms with Gasteiger partial charge in [0.15, 0.2) is 0 Å². The monoisotopic (exact) mass is 359 g/mol. The molecule has 1 fully saturated rings. The molecule has 1 aliphatic heterocycles. The minimum atomic E-state index is -0.309. The number of piperidine rings is 1. The molecule has 0 saturated carbocycles. The number of hydrogen-bond acceptors (Lipinski definition) is 3. The van der Waals surface area contributed by atoms with Gasteiger partial charge in [-0.2, -0.15) is 0 Å². The lowest BCUT2D eigenvalue weighted by molar-refractivity contribution is -0.139. The van der Waals surface area contributed by atoms with Gasteiger partial charge in [0.2, 0.25) is 11.8 Å². The van der Waals surface area contributed by atoms with E-state index in [-0.39, 0.29) is 24.4 Å². The van der Waals surface area contributed by atoms with E-state index in [9.17, 15) is 9.59 Å². The topological polar surface area (TPSA) is 52.7 Å². The zero-order chi connectivity index (χ0) is 19.4. The third-order valence-electron chi connectivity index (χ3n) is 5.34. The van der Waals surface area contributed by atoms with Crippen LogP contribution in [0, 0.1) is 25.7 Å².